The standard InChI is InChI=1S/C15H16FNO2S/c1-10-4-7-13(8-5-10)20(18,19)17-14-9-6-11(2)15(16)12(14)3/h4-9,17H,1-3H3. The number of anilines is 1. The minimum Gasteiger partial charge on any atom is -0.279 e. The van der Waals surface area contributed by atoms with E-state index in [1.165, 1.54) is 12.1 Å². The van der Waals surface area contributed by atoms with Crippen LogP contribution in [0.15, 0.2) is 41.3 Å². The molecule has 0 saturated carbocycles. The first-order valence-electron chi connectivity index (χ1n) is 6.16. The molecule has 3 nitrogen and oxygen atoms in total. The zero-order valence-electron chi connectivity index (χ0n) is 11.6. The van der Waals surface area contributed by atoms with Gasteiger partial charge >= 0.3 is 0 Å². The second-order valence-electron chi connectivity index (χ2n) is 4.79. The molecule has 1 N–H and O–H groups in total. The predicted molar refractivity (Wildman–Crippen MR) is 77.9 cm³/mol. The fourth-order valence-corrected chi connectivity index (χ4v) is 2.98. The lowest BCUT2D eigenvalue weighted by Gasteiger charge is -2.12. The Labute approximate surface area is 118 Å². The first-order valence-corrected chi connectivity index (χ1v) is 7.65. The molecule has 0 aliphatic rings. The molecule has 0 unspecified atom stereocenters. The van der Waals surface area contributed by atoms with Crippen molar-refractivity contribution in [1.29, 1.82) is 0 Å². The number of halogens is 1. The van der Waals surface area contributed by atoms with Crippen molar-refractivity contribution in [3.8, 4) is 0 Å². The molecule has 2 rings (SSSR count). The van der Waals surface area contributed by atoms with Crippen LogP contribution < -0.4 is 4.72 Å². The summed E-state index contributed by atoms with van der Waals surface area (Å²) in [5.74, 6) is -0.394. The van der Waals surface area contributed by atoms with Crippen molar-refractivity contribution in [3.63, 3.8) is 0 Å². The van der Waals surface area contributed by atoms with Gasteiger partial charge in [0.05, 0.1) is 10.6 Å². The van der Waals surface area contributed by atoms with E-state index in [1.807, 2.05) is 6.92 Å². The molecular formula is C15H16FNO2S. The lowest BCUT2D eigenvalue weighted by atomic mass is 10.1. The number of rotatable bonds is 3. The molecular weight excluding hydrogens is 277 g/mol. The average molecular weight is 293 g/mol. The van der Waals surface area contributed by atoms with Crippen molar-refractivity contribution in [2.24, 2.45) is 0 Å². The molecule has 0 atom stereocenters. The number of sulfonamides is 1. The smallest absolute Gasteiger partial charge is 0.261 e. The first-order chi connectivity index (χ1) is 9.31. The summed E-state index contributed by atoms with van der Waals surface area (Å²) >= 11 is 0. The molecule has 0 aromatic heterocycles. The Balaban J connectivity index is 2.38. The highest BCUT2D eigenvalue weighted by Gasteiger charge is 2.16. The van der Waals surface area contributed by atoms with Crippen LogP contribution >= 0.6 is 0 Å². The summed E-state index contributed by atoms with van der Waals surface area (Å²) in [6.45, 7) is 5.07. The van der Waals surface area contributed by atoms with Crippen LogP contribution in [-0.2, 0) is 10.0 Å². The Bertz CT molecular complexity index is 737. The van der Waals surface area contributed by atoms with E-state index in [4.69, 9.17) is 0 Å². The SMILES string of the molecule is Cc1ccc(S(=O)(=O)Nc2ccc(C)c(F)c2C)cc1. The van der Waals surface area contributed by atoms with Gasteiger partial charge in [-0.25, -0.2) is 12.8 Å². The van der Waals surface area contributed by atoms with E-state index in [-0.39, 0.29) is 10.6 Å². The first kappa shape index (κ1) is 14.5. The van der Waals surface area contributed by atoms with Crippen LogP contribution in [0.1, 0.15) is 16.7 Å². The Morgan fingerprint density at radius 2 is 1.55 bits per heavy atom. The topological polar surface area (TPSA) is 46.2 Å². The summed E-state index contributed by atoms with van der Waals surface area (Å²) in [5.41, 5.74) is 2.01. The molecule has 0 aliphatic heterocycles. The van der Waals surface area contributed by atoms with Crippen molar-refractivity contribution in [1.82, 2.24) is 0 Å². The van der Waals surface area contributed by atoms with E-state index in [9.17, 15) is 12.8 Å². The van der Waals surface area contributed by atoms with Gasteiger partial charge in [0.2, 0.25) is 0 Å². The van der Waals surface area contributed by atoms with Crippen LogP contribution in [0.4, 0.5) is 10.1 Å². The second kappa shape index (κ2) is 5.25. The number of nitrogens with one attached hydrogen (secondary N) is 1. The Morgan fingerprint density at radius 1 is 0.950 bits per heavy atom. The summed E-state index contributed by atoms with van der Waals surface area (Å²) < 4.78 is 40.7. The van der Waals surface area contributed by atoms with E-state index in [0.717, 1.165) is 5.56 Å². The summed E-state index contributed by atoms with van der Waals surface area (Å²) in [4.78, 5) is 0.156. The third-order valence-corrected chi connectivity index (χ3v) is 4.54. The van der Waals surface area contributed by atoms with E-state index in [1.54, 1.807) is 38.1 Å². The number of aryl methyl sites for hydroxylation is 2. The molecule has 0 amide bonds. The highest BCUT2D eigenvalue weighted by molar-refractivity contribution is 7.92. The molecule has 0 saturated heterocycles. The average Bonchev–Trinajstić information content (AvgIpc) is 2.40. The van der Waals surface area contributed by atoms with Crippen molar-refractivity contribution in [3.05, 3.63) is 58.9 Å². The number of benzene rings is 2. The fraction of sp³-hybridized carbons (Fsp3) is 0.200. The van der Waals surface area contributed by atoms with Crippen molar-refractivity contribution in [2.45, 2.75) is 25.7 Å². The zero-order valence-corrected chi connectivity index (χ0v) is 12.4. The number of hydrogen-bond acceptors (Lipinski definition) is 2. The minimum atomic E-state index is -3.70. The quantitative estimate of drug-likeness (QED) is 0.940. The van der Waals surface area contributed by atoms with Gasteiger partial charge in [0, 0.05) is 5.56 Å². The minimum absolute atomic E-state index is 0.156. The molecule has 0 heterocycles. The van der Waals surface area contributed by atoms with E-state index < -0.39 is 15.8 Å². The largest absolute Gasteiger partial charge is 0.279 e. The van der Waals surface area contributed by atoms with Gasteiger partial charge in [-0.2, -0.15) is 0 Å². The summed E-state index contributed by atoms with van der Waals surface area (Å²) in [7, 11) is -3.70. The maximum absolute atomic E-state index is 13.8. The van der Waals surface area contributed by atoms with Crippen LogP contribution in [-0.4, -0.2) is 8.42 Å². The van der Waals surface area contributed by atoms with Crippen LogP contribution in [0, 0.1) is 26.6 Å². The molecule has 2 aromatic rings. The van der Waals surface area contributed by atoms with Gasteiger partial charge in [-0.3, -0.25) is 4.72 Å². The summed E-state index contributed by atoms with van der Waals surface area (Å²) in [5, 5.41) is 0. The van der Waals surface area contributed by atoms with Gasteiger partial charge in [0.15, 0.2) is 0 Å². The van der Waals surface area contributed by atoms with Gasteiger partial charge in [0.1, 0.15) is 5.82 Å². The van der Waals surface area contributed by atoms with Crippen LogP contribution in [0.5, 0.6) is 0 Å². The molecule has 0 spiro atoms. The monoisotopic (exact) mass is 293 g/mol. The van der Waals surface area contributed by atoms with Crippen LogP contribution in [0.2, 0.25) is 0 Å². The predicted octanol–water partition coefficient (Wildman–Crippen LogP) is 3.55. The Kier molecular flexibility index (Phi) is 3.81. The Morgan fingerprint density at radius 3 is 2.15 bits per heavy atom. The van der Waals surface area contributed by atoms with Crippen molar-refractivity contribution >= 4 is 15.7 Å². The highest BCUT2D eigenvalue weighted by atomic mass is 32.2. The van der Waals surface area contributed by atoms with Gasteiger partial charge in [0.25, 0.3) is 10.0 Å². The third kappa shape index (κ3) is 2.82. The third-order valence-electron chi connectivity index (χ3n) is 3.16. The normalized spacial score (nSPS) is 11.4. The second-order valence-corrected chi connectivity index (χ2v) is 6.47. The van der Waals surface area contributed by atoms with Crippen LogP contribution in [0.25, 0.3) is 0 Å². The Hall–Kier alpha value is -1.88. The van der Waals surface area contributed by atoms with Gasteiger partial charge in [-0.05, 0) is 44.5 Å². The van der Waals surface area contributed by atoms with Crippen molar-refractivity contribution < 1.29 is 12.8 Å². The van der Waals surface area contributed by atoms with Gasteiger partial charge in [-0.15, -0.1) is 0 Å². The van der Waals surface area contributed by atoms with E-state index >= 15 is 0 Å². The molecule has 5 heteroatoms. The summed E-state index contributed by atoms with van der Waals surface area (Å²) in [6, 6.07) is 9.61. The molecule has 2 aromatic carbocycles. The maximum atomic E-state index is 13.8. The highest BCUT2D eigenvalue weighted by Crippen LogP contribution is 2.23. The van der Waals surface area contributed by atoms with Crippen molar-refractivity contribution in [2.75, 3.05) is 4.72 Å². The molecule has 0 radical (unpaired) electrons. The molecule has 0 fully saturated rings. The maximum Gasteiger partial charge on any atom is 0.261 e. The fourth-order valence-electron chi connectivity index (χ4n) is 1.85. The van der Waals surface area contributed by atoms with E-state index in [0.29, 0.717) is 11.1 Å². The lowest BCUT2D eigenvalue weighted by molar-refractivity contribution is 0.600. The zero-order chi connectivity index (χ0) is 14.9. The summed E-state index contributed by atoms with van der Waals surface area (Å²) in [6.07, 6.45) is 0. The molecule has 0 bridgehead atoms. The molecule has 0 aliphatic carbocycles. The van der Waals surface area contributed by atoms with Gasteiger partial charge < -0.3 is 0 Å². The van der Waals surface area contributed by atoms with Gasteiger partial charge in [-0.1, -0.05) is 23.8 Å². The number of hydrogen-bond donors (Lipinski definition) is 1. The lowest BCUT2D eigenvalue weighted by Crippen LogP contribution is -2.14. The molecule has 106 valence electrons. The van der Waals surface area contributed by atoms with E-state index in [2.05, 4.69) is 4.72 Å². The molecule has 20 heavy (non-hydrogen) atoms. The van der Waals surface area contributed by atoms with Crippen LogP contribution in [0.3, 0.4) is 0 Å².